The number of nitrogens with one attached hydrogen (secondary N) is 1. The molecule has 0 radical (unpaired) electrons. The Labute approximate surface area is 163 Å². The SMILES string of the molecule is CCOC(=O)N1CCc2c([nH]c3ccc(C#N)cc23)C1c1ccc(OC)cc1. The van der Waals surface area contributed by atoms with Gasteiger partial charge in [-0.2, -0.15) is 5.26 Å². The molecule has 4 rings (SSSR count). The molecular weight excluding hydrogens is 354 g/mol. The van der Waals surface area contributed by atoms with Gasteiger partial charge in [-0.1, -0.05) is 12.1 Å². The molecule has 0 saturated heterocycles. The van der Waals surface area contributed by atoms with Gasteiger partial charge in [0, 0.05) is 23.1 Å². The number of benzene rings is 2. The van der Waals surface area contributed by atoms with E-state index in [0.717, 1.165) is 33.5 Å². The van der Waals surface area contributed by atoms with Crippen molar-refractivity contribution in [3.8, 4) is 11.8 Å². The molecule has 1 aliphatic heterocycles. The van der Waals surface area contributed by atoms with Crippen LogP contribution in [0.5, 0.6) is 5.75 Å². The lowest BCUT2D eigenvalue weighted by molar-refractivity contribution is 0.0932. The Hall–Kier alpha value is -3.46. The first kappa shape index (κ1) is 17.9. The highest BCUT2D eigenvalue weighted by molar-refractivity contribution is 5.87. The molecule has 2 aromatic carbocycles. The molecule has 0 bridgehead atoms. The lowest BCUT2D eigenvalue weighted by Gasteiger charge is -2.35. The summed E-state index contributed by atoms with van der Waals surface area (Å²) in [4.78, 5) is 17.9. The van der Waals surface area contributed by atoms with Crippen LogP contribution in [0.25, 0.3) is 10.9 Å². The first-order valence-electron chi connectivity index (χ1n) is 9.28. The Kier molecular flexibility index (Phi) is 4.66. The number of hydrogen-bond acceptors (Lipinski definition) is 4. The van der Waals surface area contributed by atoms with Crippen molar-refractivity contribution in [2.75, 3.05) is 20.3 Å². The van der Waals surface area contributed by atoms with Crippen molar-refractivity contribution in [1.82, 2.24) is 9.88 Å². The van der Waals surface area contributed by atoms with E-state index in [1.807, 2.05) is 43.3 Å². The van der Waals surface area contributed by atoms with E-state index >= 15 is 0 Å². The lowest BCUT2D eigenvalue weighted by Crippen LogP contribution is -2.40. The lowest BCUT2D eigenvalue weighted by atomic mass is 9.92. The monoisotopic (exact) mass is 375 g/mol. The van der Waals surface area contributed by atoms with E-state index in [4.69, 9.17) is 9.47 Å². The summed E-state index contributed by atoms with van der Waals surface area (Å²) in [6, 6.07) is 15.3. The molecule has 1 aliphatic rings. The van der Waals surface area contributed by atoms with Crippen LogP contribution >= 0.6 is 0 Å². The highest BCUT2D eigenvalue weighted by Gasteiger charge is 2.35. The number of fused-ring (bicyclic) bond motifs is 3. The maximum Gasteiger partial charge on any atom is 0.410 e. The van der Waals surface area contributed by atoms with Crippen LogP contribution in [-0.2, 0) is 11.2 Å². The Balaban J connectivity index is 1.86. The molecule has 2 heterocycles. The van der Waals surface area contributed by atoms with Crippen molar-refractivity contribution in [1.29, 1.82) is 5.26 Å². The summed E-state index contributed by atoms with van der Waals surface area (Å²) in [5.74, 6) is 0.762. The van der Waals surface area contributed by atoms with Gasteiger partial charge in [0.15, 0.2) is 0 Å². The number of carbonyl (C=O) groups is 1. The predicted octanol–water partition coefficient (Wildman–Crippen LogP) is 4.15. The number of amides is 1. The molecule has 142 valence electrons. The van der Waals surface area contributed by atoms with E-state index in [9.17, 15) is 10.1 Å². The van der Waals surface area contributed by atoms with Crippen LogP contribution in [0.4, 0.5) is 4.79 Å². The maximum atomic E-state index is 12.7. The van der Waals surface area contributed by atoms with Crippen molar-refractivity contribution >= 4 is 17.0 Å². The number of carbonyl (C=O) groups excluding carboxylic acids is 1. The number of nitriles is 1. The summed E-state index contributed by atoms with van der Waals surface area (Å²) in [5, 5.41) is 10.3. The fourth-order valence-corrected chi connectivity index (χ4v) is 3.89. The van der Waals surface area contributed by atoms with Crippen molar-refractivity contribution < 1.29 is 14.3 Å². The van der Waals surface area contributed by atoms with Gasteiger partial charge in [-0.15, -0.1) is 0 Å². The van der Waals surface area contributed by atoms with Gasteiger partial charge < -0.3 is 14.5 Å². The van der Waals surface area contributed by atoms with Gasteiger partial charge in [-0.3, -0.25) is 4.90 Å². The molecule has 6 heteroatoms. The Morgan fingerprint density at radius 1 is 1.29 bits per heavy atom. The minimum atomic E-state index is -0.328. The van der Waals surface area contributed by atoms with Crippen molar-refractivity contribution in [3.63, 3.8) is 0 Å². The summed E-state index contributed by atoms with van der Waals surface area (Å²) < 4.78 is 10.6. The van der Waals surface area contributed by atoms with Crippen molar-refractivity contribution in [3.05, 3.63) is 64.8 Å². The highest BCUT2D eigenvalue weighted by atomic mass is 16.6. The van der Waals surface area contributed by atoms with Crippen LogP contribution in [0.15, 0.2) is 42.5 Å². The van der Waals surface area contributed by atoms with Gasteiger partial charge in [0.1, 0.15) is 11.8 Å². The molecule has 0 saturated carbocycles. The van der Waals surface area contributed by atoms with Gasteiger partial charge in [-0.05, 0) is 54.8 Å². The Bertz CT molecular complexity index is 1060. The molecule has 28 heavy (non-hydrogen) atoms. The van der Waals surface area contributed by atoms with Gasteiger partial charge in [0.05, 0.1) is 25.3 Å². The fourth-order valence-electron chi connectivity index (χ4n) is 3.89. The Morgan fingerprint density at radius 2 is 2.07 bits per heavy atom. The molecule has 1 atom stereocenters. The molecule has 1 aromatic heterocycles. The zero-order valence-electron chi connectivity index (χ0n) is 15.9. The zero-order chi connectivity index (χ0) is 19.7. The third kappa shape index (κ3) is 2.95. The number of methoxy groups -OCH3 is 1. The van der Waals surface area contributed by atoms with Crippen molar-refractivity contribution in [2.24, 2.45) is 0 Å². The van der Waals surface area contributed by atoms with E-state index in [1.165, 1.54) is 0 Å². The molecule has 6 nitrogen and oxygen atoms in total. The smallest absolute Gasteiger partial charge is 0.410 e. The van der Waals surface area contributed by atoms with Crippen LogP contribution < -0.4 is 4.74 Å². The van der Waals surface area contributed by atoms with E-state index in [2.05, 4.69) is 11.1 Å². The van der Waals surface area contributed by atoms with E-state index in [0.29, 0.717) is 25.1 Å². The third-order valence-corrected chi connectivity index (χ3v) is 5.19. The average molecular weight is 375 g/mol. The van der Waals surface area contributed by atoms with E-state index < -0.39 is 0 Å². The van der Waals surface area contributed by atoms with Gasteiger partial charge in [0.25, 0.3) is 0 Å². The molecule has 0 fully saturated rings. The van der Waals surface area contributed by atoms with Crippen LogP contribution in [0.3, 0.4) is 0 Å². The van der Waals surface area contributed by atoms with Crippen molar-refractivity contribution in [2.45, 2.75) is 19.4 Å². The molecule has 1 N–H and O–H groups in total. The number of nitrogens with zero attached hydrogens (tertiary/aromatic N) is 2. The maximum absolute atomic E-state index is 12.7. The number of hydrogen-bond donors (Lipinski definition) is 1. The molecule has 0 aliphatic carbocycles. The van der Waals surface area contributed by atoms with Gasteiger partial charge >= 0.3 is 6.09 Å². The average Bonchev–Trinajstić information content (AvgIpc) is 3.11. The summed E-state index contributed by atoms with van der Waals surface area (Å²) >= 11 is 0. The number of aromatic amines is 1. The summed E-state index contributed by atoms with van der Waals surface area (Å²) in [6.07, 6.45) is 0.376. The number of rotatable bonds is 3. The highest BCUT2D eigenvalue weighted by Crippen LogP contribution is 2.39. The van der Waals surface area contributed by atoms with Gasteiger partial charge in [0.2, 0.25) is 0 Å². The summed E-state index contributed by atoms with van der Waals surface area (Å²) in [6.45, 7) is 2.68. The first-order valence-corrected chi connectivity index (χ1v) is 9.28. The number of ether oxygens (including phenoxy) is 2. The van der Waals surface area contributed by atoms with Crippen LogP contribution in [0.1, 0.15) is 35.3 Å². The quantitative estimate of drug-likeness (QED) is 0.746. The predicted molar refractivity (Wildman–Crippen MR) is 105 cm³/mol. The molecule has 1 amide bonds. The second-order valence-corrected chi connectivity index (χ2v) is 6.71. The molecular formula is C22H21N3O3. The van der Waals surface area contributed by atoms with Gasteiger partial charge in [-0.25, -0.2) is 4.79 Å². The largest absolute Gasteiger partial charge is 0.497 e. The second kappa shape index (κ2) is 7.28. The summed E-state index contributed by atoms with van der Waals surface area (Å²) in [5.41, 5.74) is 4.68. The standard InChI is InChI=1S/C22H21N3O3/c1-3-28-22(26)25-11-10-17-18-12-14(13-23)4-9-19(18)24-20(17)21(25)15-5-7-16(27-2)8-6-15/h4-9,12,21,24H,3,10-11H2,1-2H3. The number of aromatic nitrogens is 1. The topological polar surface area (TPSA) is 78.4 Å². The number of H-pyrrole nitrogens is 1. The van der Waals surface area contributed by atoms with E-state index in [1.54, 1.807) is 18.1 Å². The third-order valence-electron chi connectivity index (χ3n) is 5.19. The van der Waals surface area contributed by atoms with Crippen LogP contribution in [0.2, 0.25) is 0 Å². The molecule has 0 spiro atoms. The molecule has 1 unspecified atom stereocenters. The Morgan fingerprint density at radius 3 is 2.75 bits per heavy atom. The molecule has 3 aromatic rings. The first-order chi connectivity index (χ1) is 13.7. The van der Waals surface area contributed by atoms with E-state index in [-0.39, 0.29) is 12.1 Å². The minimum absolute atomic E-state index is 0.286. The summed E-state index contributed by atoms with van der Waals surface area (Å²) in [7, 11) is 1.63. The van der Waals surface area contributed by atoms with Crippen LogP contribution in [-0.4, -0.2) is 36.2 Å². The second-order valence-electron chi connectivity index (χ2n) is 6.71. The fraction of sp³-hybridized carbons (Fsp3) is 0.273. The zero-order valence-corrected chi connectivity index (χ0v) is 15.9. The minimum Gasteiger partial charge on any atom is -0.497 e. The van der Waals surface area contributed by atoms with Crippen LogP contribution in [0, 0.1) is 11.3 Å². The normalized spacial score (nSPS) is 15.8.